The van der Waals surface area contributed by atoms with Crippen molar-refractivity contribution in [1.82, 2.24) is 4.90 Å². The molecule has 0 aliphatic carbocycles. The normalized spacial score (nSPS) is 16.7. The summed E-state index contributed by atoms with van der Waals surface area (Å²) in [5.74, 6) is -0.210. The molecule has 0 atom stereocenters. The lowest BCUT2D eigenvalue weighted by molar-refractivity contribution is -0.0233. The van der Waals surface area contributed by atoms with Gasteiger partial charge in [0.1, 0.15) is 5.82 Å². The van der Waals surface area contributed by atoms with Crippen molar-refractivity contribution in [2.75, 3.05) is 19.6 Å². The van der Waals surface area contributed by atoms with Crippen LogP contribution in [0.25, 0.3) is 6.08 Å². The molecule has 1 fully saturated rings. The van der Waals surface area contributed by atoms with Crippen molar-refractivity contribution in [2.24, 2.45) is 0 Å². The zero-order chi connectivity index (χ0) is 20.8. The first-order valence-corrected chi connectivity index (χ1v) is 10.6. The van der Waals surface area contributed by atoms with Gasteiger partial charge in [0, 0.05) is 19.6 Å². The van der Waals surface area contributed by atoms with E-state index in [0.717, 1.165) is 55.6 Å². The number of likely N-dealkylation sites (tertiary alicyclic amines) is 1. The number of rotatable bonds is 6. The molecule has 3 aromatic carbocycles. The van der Waals surface area contributed by atoms with E-state index in [0.29, 0.717) is 0 Å². The van der Waals surface area contributed by atoms with Crippen LogP contribution in [-0.2, 0) is 12.0 Å². The van der Waals surface area contributed by atoms with E-state index in [1.165, 1.54) is 17.7 Å². The van der Waals surface area contributed by atoms with Gasteiger partial charge in [0.05, 0.1) is 5.60 Å². The fourth-order valence-electron chi connectivity index (χ4n) is 4.07. The molecule has 0 bridgehead atoms. The molecule has 154 valence electrons. The first-order valence-electron chi connectivity index (χ1n) is 10.6. The zero-order valence-corrected chi connectivity index (χ0v) is 17.2. The number of piperidine rings is 1. The van der Waals surface area contributed by atoms with Gasteiger partial charge in [0.15, 0.2) is 0 Å². The molecule has 0 spiro atoms. The van der Waals surface area contributed by atoms with Gasteiger partial charge in [-0.1, -0.05) is 78.9 Å². The van der Waals surface area contributed by atoms with Crippen molar-refractivity contribution in [1.29, 1.82) is 0 Å². The van der Waals surface area contributed by atoms with Crippen LogP contribution >= 0.6 is 0 Å². The molecule has 1 saturated heterocycles. The van der Waals surface area contributed by atoms with Crippen LogP contribution in [0.2, 0.25) is 0 Å². The molecule has 0 amide bonds. The van der Waals surface area contributed by atoms with Crippen LogP contribution in [0.1, 0.15) is 35.1 Å². The molecule has 4 rings (SSSR count). The van der Waals surface area contributed by atoms with E-state index in [4.69, 9.17) is 0 Å². The molecule has 1 aliphatic rings. The van der Waals surface area contributed by atoms with Crippen molar-refractivity contribution in [2.45, 2.75) is 24.9 Å². The second kappa shape index (κ2) is 9.38. The Kier molecular flexibility index (Phi) is 6.41. The van der Waals surface area contributed by atoms with Crippen molar-refractivity contribution < 1.29 is 9.50 Å². The minimum atomic E-state index is -0.756. The van der Waals surface area contributed by atoms with Gasteiger partial charge in [-0.2, -0.15) is 0 Å². The van der Waals surface area contributed by atoms with Gasteiger partial charge in [0.2, 0.25) is 0 Å². The predicted molar refractivity (Wildman–Crippen MR) is 121 cm³/mol. The summed E-state index contributed by atoms with van der Waals surface area (Å²) in [5, 5.41) is 11.2. The smallest absolute Gasteiger partial charge is 0.123 e. The molecular formula is C27H28FNO. The lowest BCUT2D eigenvalue weighted by atomic mass is 9.84. The number of hydrogen-bond acceptors (Lipinski definition) is 2. The van der Waals surface area contributed by atoms with Crippen LogP contribution in [0.3, 0.4) is 0 Å². The van der Waals surface area contributed by atoms with Crippen LogP contribution in [0.5, 0.6) is 0 Å². The summed E-state index contributed by atoms with van der Waals surface area (Å²) in [6, 6.07) is 25.2. The average molecular weight is 402 g/mol. The molecule has 2 nitrogen and oxygen atoms in total. The highest BCUT2D eigenvalue weighted by atomic mass is 19.1. The Morgan fingerprint density at radius 1 is 0.833 bits per heavy atom. The topological polar surface area (TPSA) is 23.5 Å². The van der Waals surface area contributed by atoms with E-state index in [-0.39, 0.29) is 5.82 Å². The van der Waals surface area contributed by atoms with E-state index >= 15 is 0 Å². The Labute approximate surface area is 178 Å². The summed E-state index contributed by atoms with van der Waals surface area (Å²) in [6.07, 6.45) is 6.60. The van der Waals surface area contributed by atoms with Crippen LogP contribution in [0, 0.1) is 5.82 Å². The van der Waals surface area contributed by atoms with Crippen LogP contribution in [0.15, 0.2) is 84.9 Å². The maximum absolute atomic E-state index is 13.1. The summed E-state index contributed by atoms with van der Waals surface area (Å²) >= 11 is 0. The van der Waals surface area contributed by atoms with E-state index in [9.17, 15) is 9.50 Å². The summed E-state index contributed by atoms with van der Waals surface area (Å²) in [4.78, 5) is 2.39. The Hall–Kier alpha value is -2.75. The summed E-state index contributed by atoms with van der Waals surface area (Å²) in [5.41, 5.74) is 3.70. The summed E-state index contributed by atoms with van der Waals surface area (Å²) in [7, 11) is 0. The highest BCUT2D eigenvalue weighted by Crippen LogP contribution is 2.33. The van der Waals surface area contributed by atoms with Crippen LogP contribution in [0.4, 0.5) is 4.39 Å². The molecule has 0 radical (unpaired) electrons. The molecule has 3 aromatic rings. The van der Waals surface area contributed by atoms with E-state index in [1.807, 2.05) is 42.5 Å². The highest BCUT2D eigenvalue weighted by molar-refractivity contribution is 5.48. The summed E-state index contributed by atoms with van der Waals surface area (Å²) < 4.78 is 13.1. The predicted octanol–water partition coefficient (Wildman–Crippen LogP) is 5.41. The fraction of sp³-hybridized carbons (Fsp3) is 0.259. The Morgan fingerprint density at radius 2 is 1.43 bits per heavy atom. The molecule has 3 heteroatoms. The lowest BCUT2D eigenvalue weighted by Crippen LogP contribution is -2.42. The van der Waals surface area contributed by atoms with Gasteiger partial charge in [-0.05, 0) is 53.6 Å². The third-order valence-electron chi connectivity index (χ3n) is 5.97. The molecular weight excluding hydrogens is 373 g/mol. The van der Waals surface area contributed by atoms with Gasteiger partial charge in [-0.3, -0.25) is 4.90 Å². The second-order valence-corrected chi connectivity index (χ2v) is 8.15. The third-order valence-corrected chi connectivity index (χ3v) is 5.97. The molecule has 0 saturated carbocycles. The van der Waals surface area contributed by atoms with Crippen LogP contribution < -0.4 is 0 Å². The first kappa shape index (κ1) is 20.5. The highest BCUT2D eigenvalue weighted by Gasteiger charge is 2.33. The van der Waals surface area contributed by atoms with Gasteiger partial charge in [-0.25, -0.2) is 4.39 Å². The molecule has 1 heterocycles. The zero-order valence-electron chi connectivity index (χ0n) is 17.2. The lowest BCUT2D eigenvalue weighted by Gasteiger charge is -2.38. The average Bonchev–Trinajstić information content (AvgIpc) is 2.78. The van der Waals surface area contributed by atoms with Crippen LogP contribution in [-0.4, -0.2) is 29.6 Å². The van der Waals surface area contributed by atoms with Gasteiger partial charge in [-0.15, -0.1) is 0 Å². The Morgan fingerprint density at radius 3 is 2.07 bits per heavy atom. The second-order valence-electron chi connectivity index (χ2n) is 8.15. The molecule has 0 aromatic heterocycles. The first-order chi connectivity index (χ1) is 14.6. The van der Waals surface area contributed by atoms with Gasteiger partial charge in [0.25, 0.3) is 0 Å². The third kappa shape index (κ3) is 5.24. The quantitative estimate of drug-likeness (QED) is 0.597. The van der Waals surface area contributed by atoms with Gasteiger partial charge < -0.3 is 5.11 Å². The largest absolute Gasteiger partial charge is 0.385 e. The van der Waals surface area contributed by atoms with Crippen molar-refractivity contribution >= 4 is 6.08 Å². The molecule has 1 N–H and O–H groups in total. The number of halogens is 1. The fourth-order valence-corrected chi connectivity index (χ4v) is 4.07. The van der Waals surface area contributed by atoms with Crippen molar-refractivity contribution in [3.63, 3.8) is 0 Å². The summed E-state index contributed by atoms with van der Waals surface area (Å²) in [6.45, 7) is 2.67. The molecule has 0 unspecified atom stereocenters. The number of nitrogens with zero attached hydrogens (tertiary/aromatic N) is 1. The number of benzene rings is 3. The van der Waals surface area contributed by atoms with E-state index < -0.39 is 5.60 Å². The minimum Gasteiger partial charge on any atom is -0.385 e. The van der Waals surface area contributed by atoms with E-state index in [2.05, 4.69) is 41.3 Å². The Bertz CT molecular complexity index is 956. The molecule has 30 heavy (non-hydrogen) atoms. The molecule has 1 aliphatic heterocycles. The van der Waals surface area contributed by atoms with Crippen molar-refractivity contribution in [3.8, 4) is 0 Å². The van der Waals surface area contributed by atoms with E-state index in [1.54, 1.807) is 0 Å². The number of hydrogen-bond donors (Lipinski definition) is 1. The van der Waals surface area contributed by atoms with Gasteiger partial charge >= 0.3 is 0 Å². The maximum atomic E-state index is 13.1. The Balaban J connectivity index is 1.31. The standard InChI is InChI=1S/C27H28FNO/c28-26-14-10-24(11-15-26)21-23-8-12-25(13-9-23)27(30)16-19-29(20-17-27)18-4-7-22-5-2-1-3-6-22/h1-15,30H,16-21H2/b7-4+. The number of aliphatic hydroxyl groups is 1. The minimum absolute atomic E-state index is 0.210. The maximum Gasteiger partial charge on any atom is 0.123 e. The monoisotopic (exact) mass is 401 g/mol. The SMILES string of the molecule is OC1(c2ccc(Cc3ccc(F)cc3)cc2)CCN(C/C=C/c2ccccc2)CC1. The van der Waals surface area contributed by atoms with Crippen molar-refractivity contribution in [3.05, 3.63) is 113 Å².